The van der Waals surface area contributed by atoms with Crippen LogP contribution in [0.3, 0.4) is 0 Å². The summed E-state index contributed by atoms with van der Waals surface area (Å²) in [7, 11) is -8.33. The van der Waals surface area contributed by atoms with Crippen LogP contribution >= 0.6 is 0 Å². The van der Waals surface area contributed by atoms with Crippen molar-refractivity contribution in [1.82, 2.24) is 8.61 Å². The Morgan fingerprint density at radius 3 is 1.56 bits per heavy atom. The van der Waals surface area contributed by atoms with E-state index in [9.17, 15) is 36.5 Å². The number of piperidine rings is 2. The van der Waals surface area contributed by atoms with Crippen LogP contribution in [0, 0.1) is 30.6 Å². The predicted molar refractivity (Wildman–Crippen MR) is 178 cm³/mol. The van der Waals surface area contributed by atoms with E-state index >= 15 is 0 Å². The van der Waals surface area contributed by atoms with E-state index < -0.39 is 43.8 Å². The molecule has 0 radical (unpaired) electrons. The normalized spacial score (nSPS) is 19.7. The number of benzene rings is 3. The molecule has 2 heterocycles. The lowest BCUT2D eigenvalue weighted by Crippen LogP contribution is -2.43. The number of esters is 2. The lowest BCUT2D eigenvalue weighted by molar-refractivity contribution is -0.150. The molecule has 2 saturated heterocycles. The molecule has 0 spiro atoms. The van der Waals surface area contributed by atoms with Gasteiger partial charge in [0.1, 0.15) is 5.69 Å². The molecule has 0 amide bonds. The number of hydrogen-bond donors (Lipinski definition) is 2. The highest BCUT2D eigenvalue weighted by molar-refractivity contribution is 7.89. The van der Waals surface area contributed by atoms with Crippen molar-refractivity contribution in [3.63, 3.8) is 0 Å². The standard InChI is InChI=1S/C32H40N4O10S2/c1-5-45-31(37)21-9-7-11-35(17-21)47(41,42)27-15-25-23(13-19(27)3)29(33-39)24-14-20(4)28(16-26(24)30(25)34-40)48(43,44)36-12-8-10-22(18-36)32(38)46-6-2/h13-16,21-22,34,40H,5-12,17-18H2,1-4H3. The molecule has 16 heteroatoms. The number of fused-ring (bicyclic) bond motifs is 2. The number of anilines is 1. The van der Waals surface area contributed by atoms with E-state index in [1.165, 1.54) is 32.9 Å². The van der Waals surface area contributed by atoms with E-state index in [0.717, 1.165) is 0 Å². The van der Waals surface area contributed by atoms with Crippen molar-refractivity contribution in [3.05, 3.63) is 40.3 Å². The number of nitrogens with zero attached hydrogens (tertiary/aromatic N) is 3. The number of aryl methyl sites for hydroxylation is 2. The van der Waals surface area contributed by atoms with Crippen molar-refractivity contribution < 1.29 is 41.1 Å². The molecule has 260 valence electrons. The smallest absolute Gasteiger partial charge is 0.310 e. The van der Waals surface area contributed by atoms with E-state index in [-0.39, 0.29) is 82.1 Å². The molecule has 2 fully saturated rings. The van der Waals surface area contributed by atoms with Crippen LogP contribution in [0.15, 0.2) is 39.2 Å². The monoisotopic (exact) mass is 704 g/mol. The third-order valence-electron chi connectivity index (χ3n) is 9.13. The largest absolute Gasteiger partial charge is 0.466 e. The van der Waals surface area contributed by atoms with Crippen LogP contribution in [-0.4, -0.2) is 82.0 Å². The van der Waals surface area contributed by atoms with Gasteiger partial charge in [-0.2, -0.15) is 8.61 Å². The zero-order chi connectivity index (χ0) is 35.0. The molecule has 2 atom stereocenters. The minimum Gasteiger partial charge on any atom is -0.466 e. The van der Waals surface area contributed by atoms with Crippen molar-refractivity contribution in [1.29, 1.82) is 0 Å². The number of carbonyl (C=O) groups is 2. The van der Waals surface area contributed by atoms with Crippen LogP contribution in [0.5, 0.6) is 0 Å². The summed E-state index contributed by atoms with van der Waals surface area (Å²) in [6, 6.07) is 5.64. The van der Waals surface area contributed by atoms with Gasteiger partial charge >= 0.3 is 11.9 Å². The third-order valence-corrected chi connectivity index (χ3v) is 13.1. The number of hydrogen-bond acceptors (Lipinski definition) is 12. The first-order chi connectivity index (χ1) is 22.8. The molecule has 2 aliphatic rings. The molecule has 48 heavy (non-hydrogen) atoms. The highest BCUT2D eigenvalue weighted by Crippen LogP contribution is 2.45. The van der Waals surface area contributed by atoms with Crippen LogP contribution < -0.4 is 5.48 Å². The van der Waals surface area contributed by atoms with Gasteiger partial charge in [0, 0.05) is 47.7 Å². The molecule has 0 bridgehead atoms. The van der Waals surface area contributed by atoms with Crippen molar-refractivity contribution >= 4 is 64.9 Å². The molecule has 3 aromatic rings. The van der Waals surface area contributed by atoms with Crippen molar-refractivity contribution in [3.8, 4) is 0 Å². The molecule has 2 N–H and O–H groups in total. The Bertz CT molecular complexity index is 1860. The van der Waals surface area contributed by atoms with E-state index in [4.69, 9.17) is 9.47 Å². The van der Waals surface area contributed by atoms with Crippen LogP contribution in [0.2, 0.25) is 0 Å². The fraction of sp³-hybridized carbons (Fsp3) is 0.500. The van der Waals surface area contributed by atoms with Gasteiger partial charge in [-0.05, 0) is 93.9 Å². The SMILES string of the molecule is CCOC(=O)C1CCCN(S(=O)(=O)c2cc3c(NO)c4cc(S(=O)(=O)N5CCCC(C(=O)OCC)C5)c(C)cc4c(N=O)c3cc2C)C1. The molecule has 0 saturated carbocycles. The first-order valence-electron chi connectivity index (χ1n) is 15.9. The molecule has 2 aliphatic heterocycles. The summed E-state index contributed by atoms with van der Waals surface area (Å²) >= 11 is 0. The van der Waals surface area contributed by atoms with Gasteiger partial charge in [0.15, 0.2) is 0 Å². The lowest BCUT2D eigenvalue weighted by Gasteiger charge is -2.31. The minimum absolute atomic E-state index is 0.0219. The summed E-state index contributed by atoms with van der Waals surface area (Å²) in [5.41, 5.74) is 2.65. The average Bonchev–Trinajstić information content (AvgIpc) is 3.07. The first-order valence-corrected chi connectivity index (χ1v) is 18.8. The number of sulfonamides is 2. The molecular formula is C32H40N4O10S2. The van der Waals surface area contributed by atoms with Gasteiger partial charge in [-0.1, -0.05) is 0 Å². The van der Waals surface area contributed by atoms with E-state index in [0.29, 0.717) is 36.8 Å². The molecule has 5 rings (SSSR count). The molecule has 14 nitrogen and oxygen atoms in total. The minimum atomic E-state index is -4.17. The van der Waals surface area contributed by atoms with Gasteiger partial charge in [-0.15, -0.1) is 4.91 Å². The Kier molecular flexibility index (Phi) is 10.4. The van der Waals surface area contributed by atoms with Gasteiger partial charge in [0.25, 0.3) is 0 Å². The maximum Gasteiger partial charge on any atom is 0.310 e. The lowest BCUT2D eigenvalue weighted by atomic mass is 9.96. The van der Waals surface area contributed by atoms with Crippen LogP contribution in [0.1, 0.15) is 50.7 Å². The highest BCUT2D eigenvalue weighted by atomic mass is 32.2. The average molecular weight is 705 g/mol. The van der Waals surface area contributed by atoms with Crippen molar-refractivity contribution in [2.75, 3.05) is 44.9 Å². The number of rotatable bonds is 10. The molecule has 2 unspecified atom stereocenters. The van der Waals surface area contributed by atoms with Crippen LogP contribution in [0.25, 0.3) is 21.5 Å². The van der Waals surface area contributed by atoms with E-state index in [1.54, 1.807) is 27.7 Å². The third kappa shape index (κ3) is 6.39. The number of nitroso groups, excluding NO2 is 1. The van der Waals surface area contributed by atoms with Gasteiger partial charge in [0.05, 0.1) is 40.5 Å². The van der Waals surface area contributed by atoms with Gasteiger partial charge in [-0.25, -0.2) is 16.8 Å². The quantitative estimate of drug-likeness (QED) is 0.128. The fourth-order valence-corrected chi connectivity index (χ4v) is 10.3. The Morgan fingerprint density at radius 2 is 1.21 bits per heavy atom. The number of ether oxygens (including phenoxy) is 2. The summed E-state index contributed by atoms with van der Waals surface area (Å²) < 4.78 is 68.7. The fourth-order valence-electron chi connectivity index (χ4n) is 6.75. The maximum absolute atomic E-state index is 14.0. The second kappa shape index (κ2) is 14.0. The predicted octanol–water partition coefficient (Wildman–Crippen LogP) is 4.74. The first kappa shape index (κ1) is 35.6. The number of carbonyl (C=O) groups excluding carboxylic acids is 2. The van der Waals surface area contributed by atoms with E-state index in [1.807, 2.05) is 0 Å². The summed E-state index contributed by atoms with van der Waals surface area (Å²) in [5.74, 6) is -2.16. The van der Waals surface area contributed by atoms with Gasteiger partial charge in [0.2, 0.25) is 20.0 Å². The van der Waals surface area contributed by atoms with Crippen LogP contribution in [-0.2, 0) is 39.1 Å². The Morgan fingerprint density at radius 1 is 0.792 bits per heavy atom. The second-order valence-electron chi connectivity index (χ2n) is 12.2. The summed E-state index contributed by atoms with van der Waals surface area (Å²) in [5, 5.41) is 14.4. The molecule has 0 aromatic heterocycles. The molecular weight excluding hydrogens is 665 g/mol. The second-order valence-corrected chi connectivity index (χ2v) is 16.0. The Hall–Kier alpha value is -3.70. The highest BCUT2D eigenvalue weighted by Gasteiger charge is 2.37. The number of nitrogens with one attached hydrogen (secondary N) is 1. The van der Waals surface area contributed by atoms with Gasteiger partial charge in [-0.3, -0.25) is 20.3 Å². The van der Waals surface area contributed by atoms with E-state index in [2.05, 4.69) is 10.7 Å². The zero-order valence-electron chi connectivity index (χ0n) is 27.3. The zero-order valence-corrected chi connectivity index (χ0v) is 28.9. The van der Waals surface area contributed by atoms with Crippen molar-refractivity contribution in [2.24, 2.45) is 17.0 Å². The maximum atomic E-state index is 14.0. The summed E-state index contributed by atoms with van der Waals surface area (Å²) in [6.07, 6.45) is 1.89. The summed E-state index contributed by atoms with van der Waals surface area (Å²) in [6.45, 7) is 7.13. The Balaban J connectivity index is 1.64. The molecule has 3 aromatic carbocycles. The van der Waals surface area contributed by atoms with Gasteiger partial charge < -0.3 is 9.47 Å². The Labute approximate surface area is 279 Å². The van der Waals surface area contributed by atoms with Crippen molar-refractivity contribution in [2.45, 2.75) is 63.2 Å². The summed E-state index contributed by atoms with van der Waals surface area (Å²) in [4.78, 5) is 37.0. The molecule has 0 aliphatic carbocycles. The topological polar surface area (TPSA) is 189 Å². The van der Waals surface area contributed by atoms with Crippen LogP contribution in [0.4, 0.5) is 11.4 Å².